The third-order valence-corrected chi connectivity index (χ3v) is 3.77. The highest BCUT2D eigenvalue weighted by Crippen LogP contribution is 2.27. The van der Waals surface area contributed by atoms with Crippen LogP contribution in [-0.2, 0) is 0 Å². The van der Waals surface area contributed by atoms with Gasteiger partial charge in [-0.1, -0.05) is 26.0 Å². The third-order valence-electron chi connectivity index (χ3n) is 3.77. The van der Waals surface area contributed by atoms with Gasteiger partial charge in [-0.15, -0.1) is 0 Å². The highest BCUT2D eigenvalue weighted by Gasteiger charge is 2.14. The summed E-state index contributed by atoms with van der Waals surface area (Å²) in [5, 5.41) is 4.17. The van der Waals surface area contributed by atoms with Crippen molar-refractivity contribution >= 4 is 11.5 Å². The molecule has 4 heteroatoms. The molecule has 0 fully saturated rings. The summed E-state index contributed by atoms with van der Waals surface area (Å²) in [4.78, 5) is 2.11. The lowest BCUT2D eigenvalue weighted by atomic mass is 10.0. The predicted molar refractivity (Wildman–Crippen MR) is 90.6 cm³/mol. The highest BCUT2D eigenvalue weighted by atomic mass is 16.5. The molecular formula is C18H21N3O. The Morgan fingerprint density at radius 2 is 1.86 bits per heavy atom. The van der Waals surface area contributed by atoms with Gasteiger partial charge in [-0.3, -0.25) is 5.43 Å². The van der Waals surface area contributed by atoms with Gasteiger partial charge in [-0.05, 0) is 54.8 Å². The van der Waals surface area contributed by atoms with Crippen LogP contribution in [0.4, 0.5) is 5.69 Å². The maximum Gasteiger partial charge on any atom is 0.127 e. The van der Waals surface area contributed by atoms with Crippen molar-refractivity contribution in [2.75, 3.05) is 11.6 Å². The molecule has 3 rings (SSSR count). The first-order chi connectivity index (χ1) is 10.6. The number of nitrogens with one attached hydrogen (secondary N) is 1. The van der Waals surface area contributed by atoms with Crippen molar-refractivity contribution in [2.24, 2.45) is 5.10 Å². The Morgan fingerprint density at radius 3 is 2.50 bits per heavy atom. The number of nitrogens with zero attached hydrogens (tertiary/aromatic N) is 2. The number of hydrazone groups is 1. The monoisotopic (exact) mass is 295 g/mol. The Bertz CT molecular complexity index is 677. The van der Waals surface area contributed by atoms with Crippen molar-refractivity contribution in [1.29, 1.82) is 0 Å². The summed E-state index contributed by atoms with van der Waals surface area (Å²) in [7, 11) is 0. The maximum absolute atomic E-state index is 5.95. The maximum atomic E-state index is 5.95. The predicted octanol–water partition coefficient (Wildman–Crippen LogP) is 4.30. The molecule has 114 valence electrons. The van der Waals surface area contributed by atoms with E-state index in [1.54, 1.807) is 0 Å². The molecule has 0 aromatic heterocycles. The van der Waals surface area contributed by atoms with Gasteiger partial charge in [0, 0.05) is 5.69 Å². The normalized spacial score (nSPS) is 14.0. The minimum absolute atomic E-state index is 0.496. The molecule has 0 bridgehead atoms. The summed E-state index contributed by atoms with van der Waals surface area (Å²) in [6.45, 7) is 7.06. The van der Waals surface area contributed by atoms with Crippen LogP contribution in [0.15, 0.2) is 53.6 Å². The number of hydrogen-bond acceptors (Lipinski definition) is 4. The standard InChI is InChI=1S/C18H21N3O/c1-13(2)15-5-4-6-18(11-15)22-17-9-7-16(8-10-17)21-12-19-20-14(21)3/h4-11,13,19H,12H2,1-3H3. The number of hydrogen-bond donors (Lipinski definition) is 1. The van der Waals surface area contributed by atoms with Crippen LogP contribution in [0.2, 0.25) is 0 Å². The Hall–Kier alpha value is -2.49. The third kappa shape index (κ3) is 3.06. The summed E-state index contributed by atoms with van der Waals surface area (Å²) in [6.07, 6.45) is 0. The van der Waals surface area contributed by atoms with E-state index in [-0.39, 0.29) is 0 Å². The summed E-state index contributed by atoms with van der Waals surface area (Å²) in [5.74, 6) is 3.18. The van der Waals surface area contributed by atoms with Gasteiger partial charge in [0.2, 0.25) is 0 Å². The summed E-state index contributed by atoms with van der Waals surface area (Å²) < 4.78 is 5.95. The molecule has 2 aromatic rings. The molecule has 1 aliphatic heterocycles. The fourth-order valence-corrected chi connectivity index (χ4v) is 2.44. The van der Waals surface area contributed by atoms with Crippen molar-refractivity contribution < 1.29 is 4.74 Å². The van der Waals surface area contributed by atoms with Gasteiger partial charge in [-0.25, -0.2) is 0 Å². The lowest BCUT2D eigenvalue weighted by Gasteiger charge is -2.17. The topological polar surface area (TPSA) is 36.9 Å². The molecule has 0 saturated heterocycles. The Balaban J connectivity index is 1.74. The molecule has 1 heterocycles. The van der Waals surface area contributed by atoms with Crippen LogP contribution in [0, 0.1) is 0 Å². The molecular weight excluding hydrogens is 274 g/mol. The van der Waals surface area contributed by atoms with E-state index in [2.05, 4.69) is 41.4 Å². The van der Waals surface area contributed by atoms with Crippen LogP contribution in [0.5, 0.6) is 11.5 Å². The van der Waals surface area contributed by atoms with E-state index >= 15 is 0 Å². The first-order valence-corrected chi connectivity index (χ1v) is 7.56. The van der Waals surface area contributed by atoms with E-state index in [1.807, 2.05) is 43.3 Å². The van der Waals surface area contributed by atoms with E-state index in [0.717, 1.165) is 23.0 Å². The van der Waals surface area contributed by atoms with Crippen LogP contribution >= 0.6 is 0 Å². The number of amidine groups is 1. The molecule has 1 N–H and O–H groups in total. The number of ether oxygens (including phenoxy) is 1. The summed E-state index contributed by atoms with van der Waals surface area (Å²) in [5.41, 5.74) is 5.36. The lowest BCUT2D eigenvalue weighted by molar-refractivity contribution is 0.481. The SMILES string of the molecule is CC1=NNCN1c1ccc(Oc2cccc(C(C)C)c2)cc1. The second-order valence-corrected chi connectivity index (χ2v) is 5.73. The zero-order valence-electron chi connectivity index (χ0n) is 13.2. The molecule has 0 amide bonds. The largest absolute Gasteiger partial charge is 0.457 e. The van der Waals surface area contributed by atoms with E-state index < -0.39 is 0 Å². The summed E-state index contributed by atoms with van der Waals surface area (Å²) >= 11 is 0. The number of benzene rings is 2. The van der Waals surface area contributed by atoms with Crippen LogP contribution in [0.1, 0.15) is 32.3 Å². The van der Waals surface area contributed by atoms with Crippen molar-refractivity contribution in [1.82, 2.24) is 5.43 Å². The smallest absolute Gasteiger partial charge is 0.127 e. The molecule has 0 saturated carbocycles. The summed E-state index contributed by atoms with van der Waals surface area (Å²) in [6, 6.07) is 16.3. The fourth-order valence-electron chi connectivity index (χ4n) is 2.44. The van der Waals surface area contributed by atoms with Gasteiger partial charge in [0.1, 0.15) is 24.0 Å². The van der Waals surface area contributed by atoms with Crippen LogP contribution < -0.4 is 15.1 Å². The van der Waals surface area contributed by atoms with Crippen LogP contribution in [0.3, 0.4) is 0 Å². The van der Waals surface area contributed by atoms with Crippen molar-refractivity contribution in [3.63, 3.8) is 0 Å². The van der Waals surface area contributed by atoms with Gasteiger partial charge in [0.15, 0.2) is 0 Å². The zero-order valence-corrected chi connectivity index (χ0v) is 13.2. The molecule has 0 atom stereocenters. The fraction of sp³-hybridized carbons (Fsp3) is 0.278. The molecule has 0 unspecified atom stereocenters. The van der Waals surface area contributed by atoms with Gasteiger partial charge in [-0.2, -0.15) is 5.10 Å². The van der Waals surface area contributed by atoms with Crippen molar-refractivity contribution in [3.8, 4) is 11.5 Å². The van der Waals surface area contributed by atoms with Gasteiger partial charge in [0.05, 0.1) is 0 Å². The second-order valence-electron chi connectivity index (χ2n) is 5.73. The molecule has 2 aromatic carbocycles. The molecule has 0 radical (unpaired) electrons. The van der Waals surface area contributed by atoms with Crippen molar-refractivity contribution in [2.45, 2.75) is 26.7 Å². The first-order valence-electron chi connectivity index (χ1n) is 7.56. The van der Waals surface area contributed by atoms with E-state index in [4.69, 9.17) is 4.74 Å². The molecule has 0 aliphatic carbocycles. The van der Waals surface area contributed by atoms with Crippen LogP contribution in [-0.4, -0.2) is 12.5 Å². The van der Waals surface area contributed by atoms with Gasteiger partial charge >= 0.3 is 0 Å². The van der Waals surface area contributed by atoms with E-state index in [9.17, 15) is 0 Å². The zero-order chi connectivity index (χ0) is 15.5. The first kappa shape index (κ1) is 14.4. The Morgan fingerprint density at radius 1 is 1.09 bits per heavy atom. The molecule has 1 aliphatic rings. The lowest BCUT2D eigenvalue weighted by Crippen LogP contribution is -2.27. The van der Waals surface area contributed by atoms with E-state index in [0.29, 0.717) is 12.6 Å². The molecule has 4 nitrogen and oxygen atoms in total. The average molecular weight is 295 g/mol. The van der Waals surface area contributed by atoms with Gasteiger partial charge in [0.25, 0.3) is 0 Å². The minimum atomic E-state index is 0.496. The molecule has 0 spiro atoms. The van der Waals surface area contributed by atoms with Gasteiger partial charge < -0.3 is 9.64 Å². The quantitative estimate of drug-likeness (QED) is 0.913. The highest BCUT2D eigenvalue weighted by molar-refractivity contribution is 5.96. The van der Waals surface area contributed by atoms with E-state index in [1.165, 1.54) is 5.56 Å². The minimum Gasteiger partial charge on any atom is -0.457 e. The Labute approximate surface area is 131 Å². The van der Waals surface area contributed by atoms with Crippen LogP contribution in [0.25, 0.3) is 0 Å². The average Bonchev–Trinajstić information content (AvgIpc) is 2.94. The molecule has 22 heavy (non-hydrogen) atoms. The van der Waals surface area contributed by atoms with Crippen molar-refractivity contribution in [3.05, 3.63) is 54.1 Å². The second kappa shape index (κ2) is 6.10. The Kier molecular flexibility index (Phi) is 4.00. The number of anilines is 1. The number of rotatable bonds is 4.